The highest BCUT2D eigenvalue weighted by Crippen LogP contribution is 2.48. The van der Waals surface area contributed by atoms with Crippen molar-refractivity contribution in [3.05, 3.63) is 70.1 Å². The maximum absolute atomic E-state index is 13.2. The van der Waals surface area contributed by atoms with Crippen molar-refractivity contribution in [3.63, 3.8) is 0 Å². The summed E-state index contributed by atoms with van der Waals surface area (Å²) in [4.78, 5) is 31.0. The van der Waals surface area contributed by atoms with Gasteiger partial charge in [-0.05, 0) is 55.5 Å². The van der Waals surface area contributed by atoms with Crippen molar-refractivity contribution in [2.24, 2.45) is 11.7 Å². The van der Waals surface area contributed by atoms with Gasteiger partial charge in [0.2, 0.25) is 0 Å². The molecule has 1 saturated carbocycles. The smallest absolute Gasteiger partial charge is 0.336 e. The van der Waals surface area contributed by atoms with Crippen molar-refractivity contribution in [3.8, 4) is 16.2 Å². The van der Waals surface area contributed by atoms with Crippen molar-refractivity contribution in [1.29, 1.82) is 0 Å². The number of piperidine rings is 1. The summed E-state index contributed by atoms with van der Waals surface area (Å²) in [6, 6.07) is 11.8. The fourth-order valence-electron chi connectivity index (χ4n) is 5.00. The number of nitrogens with zero attached hydrogens (tertiary/aromatic N) is 2. The molecular formula is C26H26FN3O4S. The first-order valence-electron chi connectivity index (χ1n) is 11.6. The fourth-order valence-corrected chi connectivity index (χ4v) is 5.91. The van der Waals surface area contributed by atoms with Crippen molar-refractivity contribution in [1.82, 2.24) is 9.88 Å². The van der Waals surface area contributed by atoms with Gasteiger partial charge in [-0.1, -0.05) is 18.2 Å². The summed E-state index contributed by atoms with van der Waals surface area (Å²) >= 11 is 1.47. The van der Waals surface area contributed by atoms with Gasteiger partial charge in [0.15, 0.2) is 0 Å². The van der Waals surface area contributed by atoms with Crippen LogP contribution >= 0.6 is 11.3 Å². The molecule has 2 aromatic carbocycles. The Hall–Kier alpha value is -3.30. The Morgan fingerprint density at radius 1 is 1.23 bits per heavy atom. The number of carbonyl (C=O) groups is 2. The second-order valence-corrected chi connectivity index (χ2v) is 10.2. The third-order valence-electron chi connectivity index (χ3n) is 6.73. The van der Waals surface area contributed by atoms with Gasteiger partial charge in [0, 0.05) is 30.6 Å². The Morgan fingerprint density at radius 2 is 2.00 bits per heavy atom. The Bertz CT molecular complexity index is 1280. The van der Waals surface area contributed by atoms with Crippen molar-refractivity contribution in [2.45, 2.75) is 38.3 Å². The van der Waals surface area contributed by atoms with E-state index in [1.807, 2.05) is 11.8 Å². The van der Waals surface area contributed by atoms with Crippen LogP contribution in [0.1, 0.15) is 44.3 Å². The molecule has 0 spiro atoms. The summed E-state index contributed by atoms with van der Waals surface area (Å²) < 4.78 is 18.4. The van der Waals surface area contributed by atoms with E-state index in [2.05, 4.69) is 4.98 Å². The quantitative estimate of drug-likeness (QED) is 0.564. The van der Waals surface area contributed by atoms with Gasteiger partial charge in [-0.3, -0.25) is 4.79 Å². The molecule has 3 aliphatic rings. The number of aromatic nitrogens is 1. The van der Waals surface area contributed by atoms with Crippen LogP contribution in [-0.2, 0) is 6.42 Å². The molecule has 1 aliphatic carbocycles. The summed E-state index contributed by atoms with van der Waals surface area (Å²) in [7, 11) is 0. The third kappa shape index (κ3) is 4.53. The molecule has 3 atom stereocenters. The SMILES string of the molecule is Cc1nc(C(=O)N2[C@H](CN)C[C@@H]3C[C@@H]32)c(-c2ccc(F)cc2)s1.O=C(O)c1cccc2c1CCO2. The monoisotopic (exact) mass is 495 g/mol. The van der Waals surface area contributed by atoms with E-state index >= 15 is 0 Å². The highest BCUT2D eigenvalue weighted by atomic mass is 32.1. The molecular weight excluding hydrogens is 469 g/mol. The second kappa shape index (κ2) is 9.39. The molecule has 1 amide bonds. The van der Waals surface area contributed by atoms with Gasteiger partial charge in [-0.2, -0.15) is 0 Å². The van der Waals surface area contributed by atoms with Crippen LogP contribution in [0.3, 0.4) is 0 Å². The Balaban J connectivity index is 0.000000178. The molecule has 2 fully saturated rings. The van der Waals surface area contributed by atoms with E-state index in [0.29, 0.717) is 42.8 Å². The Morgan fingerprint density at radius 3 is 2.71 bits per heavy atom. The van der Waals surface area contributed by atoms with Crippen LogP contribution in [0.4, 0.5) is 4.39 Å². The average Bonchev–Trinajstić information content (AvgIpc) is 3.19. The van der Waals surface area contributed by atoms with E-state index in [0.717, 1.165) is 39.6 Å². The molecule has 3 heterocycles. The van der Waals surface area contributed by atoms with Crippen molar-refractivity contribution < 1.29 is 23.8 Å². The van der Waals surface area contributed by atoms with E-state index in [1.165, 1.54) is 23.5 Å². The highest BCUT2D eigenvalue weighted by molar-refractivity contribution is 7.15. The summed E-state index contributed by atoms with van der Waals surface area (Å²) in [5.74, 6) is 0.134. The number of nitrogens with two attached hydrogens (primary N) is 1. The average molecular weight is 496 g/mol. The first kappa shape index (κ1) is 23.4. The number of hydrogen-bond acceptors (Lipinski definition) is 6. The van der Waals surface area contributed by atoms with Gasteiger partial charge >= 0.3 is 5.97 Å². The van der Waals surface area contributed by atoms with Crippen molar-refractivity contribution >= 4 is 23.2 Å². The molecule has 0 radical (unpaired) electrons. The normalized spacial score (nSPS) is 21.5. The molecule has 6 rings (SSSR count). The van der Waals surface area contributed by atoms with Crippen LogP contribution in [0, 0.1) is 18.7 Å². The number of carbonyl (C=O) groups excluding carboxylic acids is 1. The summed E-state index contributed by atoms with van der Waals surface area (Å²) in [6.45, 7) is 2.98. The van der Waals surface area contributed by atoms with E-state index in [-0.39, 0.29) is 17.8 Å². The van der Waals surface area contributed by atoms with E-state index in [9.17, 15) is 14.0 Å². The topological polar surface area (TPSA) is 106 Å². The number of ether oxygens (including phenoxy) is 1. The summed E-state index contributed by atoms with van der Waals surface area (Å²) in [5, 5.41) is 9.63. The molecule has 0 unspecified atom stereocenters. The minimum atomic E-state index is -0.877. The largest absolute Gasteiger partial charge is 0.493 e. The molecule has 7 nitrogen and oxygen atoms in total. The first-order valence-corrected chi connectivity index (χ1v) is 12.4. The highest BCUT2D eigenvalue weighted by Gasteiger charge is 2.54. The van der Waals surface area contributed by atoms with Crippen LogP contribution in [0.25, 0.3) is 10.4 Å². The predicted molar refractivity (Wildman–Crippen MR) is 130 cm³/mol. The number of amides is 1. The molecule has 182 valence electrons. The molecule has 0 bridgehead atoms. The van der Waals surface area contributed by atoms with E-state index in [1.54, 1.807) is 30.3 Å². The standard InChI is InChI=1S/C17H18FN3OS.C9H8O3/c1-9-20-15(16(23-9)10-2-4-12(18)5-3-10)17(22)21-13(8-19)6-11-7-14(11)21;10-9(11)7-2-1-3-8-6(7)4-5-12-8/h2-5,11,13-14H,6-8,19H2,1H3;1-3H,4-5H2,(H,10,11)/t11-,13+,14+;/m1./s1. The number of halogens is 1. The zero-order valence-corrected chi connectivity index (χ0v) is 20.1. The first-order chi connectivity index (χ1) is 16.9. The molecule has 3 N–H and O–H groups in total. The lowest BCUT2D eigenvalue weighted by atomic mass is 10.1. The van der Waals surface area contributed by atoms with Gasteiger partial charge in [-0.25, -0.2) is 14.2 Å². The Labute approximate surface area is 206 Å². The van der Waals surface area contributed by atoms with Gasteiger partial charge < -0.3 is 20.5 Å². The molecule has 3 aromatic rings. The fraction of sp³-hybridized carbons (Fsp3) is 0.346. The maximum Gasteiger partial charge on any atom is 0.336 e. The molecule has 1 saturated heterocycles. The number of benzene rings is 2. The Kier molecular flexibility index (Phi) is 6.29. The van der Waals surface area contributed by atoms with Gasteiger partial charge in [0.05, 0.1) is 22.1 Å². The number of thiazole rings is 1. The summed E-state index contributed by atoms with van der Waals surface area (Å²) in [6.07, 6.45) is 2.79. The maximum atomic E-state index is 13.2. The van der Waals surface area contributed by atoms with E-state index in [4.69, 9.17) is 15.6 Å². The number of aromatic carboxylic acids is 1. The number of likely N-dealkylation sites (tertiary alicyclic amines) is 1. The second-order valence-electron chi connectivity index (χ2n) is 9.00. The third-order valence-corrected chi connectivity index (χ3v) is 7.75. The lowest BCUT2D eigenvalue weighted by Gasteiger charge is -2.26. The molecule has 35 heavy (non-hydrogen) atoms. The molecule has 2 aliphatic heterocycles. The molecule has 1 aromatic heterocycles. The van der Waals surface area contributed by atoms with Crippen LogP contribution in [0.5, 0.6) is 5.75 Å². The van der Waals surface area contributed by atoms with Crippen LogP contribution in [0.15, 0.2) is 42.5 Å². The zero-order valence-electron chi connectivity index (χ0n) is 19.2. The van der Waals surface area contributed by atoms with Gasteiger partial charge in [0.1, 0.15) is 17.3 Å². The molecule has 9 heteroatoms. The lowest BCUT2D eigenvalue weighted by Crippen LogP contribution is -2.42. The van der Waals surface area contributed by atoms with Gasteiger partial charge in [-0.15, -0.1) is 11.3 Å². The zero-order chi connectivity index (χ0) is 24.7. The minimum Gasteiger partial charge on any atom is -0.493 e. The van der Waals surface area contributed by atoms with Gasteiger partial charge in [0.25, 0.3) is 5.91 Å². The minimum absolute atomic E-state index is 0.0332. The number of hydrogen-bond donors (Lipinski definition) is 2. The van der Waals surface area contributed by atoms with Crippen LogP contribution in [-0.4, -0.2) is 52.1 Å². The number of carboxylic acids is 1. The predicted octanol–water partition coefficient (Wildman–Crippen LogP) is 4.14. The van der Waals surface area contributed by atoms with Crippen molar-refractivity contribution in [2.75, 3.05) is 13.2 Å². The number of fused-ring (bicyclic) bond motifs is 2. The lowest BCUT2D eigenvalue weighted by molar-refractivity contribution is 0.0689. The summed E-state index contributed by atoms with van der Waals surface area (Å²) in [5.41, 5.74) is 8.34. The van der Waals surface area contributed by atoms with Crippen LogP contribution in [0.2, 0.25) is 0 Å². The number of carboxylic acid groups (broad SMARTS) is 1. The number of rotatable bonds is 4. The van der Waals surface area contributed by atoms with E-state index < -0.39 is 5.97 Å². The van der Waals surface area contributed by atoms with Crippen LogP contribution < -0.4 is 10.5 Å². The number of aryl methyl sites for hydroxylation is 1.